The van der Waals surface area contributed by atoms with Crippen molar-refractivity contribution in [1.29, 1.82) is 0 Å². The number of hydrogen-bond donors (Lipinski definition) is 1. The normalized spacial score (nSPS) is 22.1. The topological polar surface area (TPSA) is 62.7 Å². The first-order valence-electron chi connectivity index (χ1n) is 6.25. The lowest BCUT2D eigenvalue weighted by atomic mass is 10.1. The minimum atomic E-state index is -0.862. The molecule has 6 heteroatoms. The van der Waals surface area contributed by atoms with E-state index in [2.05, 4.69) is 9.88 Å². The van der Waals surface area contributed by atoms with Gasteiger partial charge in [-0.05, 0) is 19.1 Å². The van der Waals surface area contributed by atoms with Crippen molar-refractivity contribution in [3.63, 3.8) is 0 Å². The number of morpholine rings is 1. The van der Waals surface area contributed by atoms with Crippen LogP contribution in [0.5, 0.6) is 0 Å². The van der Waals surface area contributed by atoms with Gasteiger partial charge in [0.05, 0.1) is 31.0 Å². The Bertz CT molecular complexity index is 438. The van der Waals surface area contributed by atoms with Crippen molar-refractivity contribution >= 4 is 5.97 Å². The smallest absolute Gasteiger partial charge is 0.306 e. The first-order valence-corrected chi connectivity index (χ1v) is 6.25. The van der Waals surface area contributed by atoms with Gasteiger partial charge in [0.2, 0.25) is 0 Å². The summed E-state index contributed by atoms with van der Waals surface area (Å²) in [6.07, 6.45) is 0.898. The molecule has 2 unspecified atom stereocenters. The van der Waals surface area contributed by atoms with Crippen molar-refractivity contribution in [2.24, 2.45) is 0 Å². The third-order valence-electron chi connectivity index (χ3n) is 3.30. The number of aromatic nitrogens is 1. The van der Waals surface area contributed by atoms with Gasteiger partial charge in [-0.25, -0.2) is 4.39 Å². The van der Waals surface area contributed by atoms with Crippen LogP contribution in [0, 0.1) is 5.82 Å². The Balaban J connectivity index is 2.00. The maximum atomic E-state index is 12.8. The molecule has 0 aliphatic carbocycles. The maximum absolute atomic E-state index is 12.8. The van der Waals surface area contributed by atoms with E-state index < -0.39 is 5.97 Å². The predicted molar refractivity (Wildman–Crippen MR) is 66.2 cm³/mol. The van der Waals surface area contributed by atoms with Crippen LogP contribution in [0.4, 0.5) is 4.39 Å². The highest BCUT2D eigenvalue weighted by Crippen LogP contribution is 2.21. The van der Waals surface area contributed by atoms with Crippen molar-refractivity contribution in [2.45, 2.75) is 25.5 Å². The number of nitrogens with zero attached hydrogens (tertiary/aromatic N) is 2. The van der Waals surface area contributed by atoms with Gasteiger partial charge in [0, 0.05) is 19.1 Å². The molecule has 104 valence electrons. The number of pyridine rings is 1. The molecule has 19 heavy (non-hydrogen) atoms. The van der Waals surface area contributed by atoms with Gasteiger partial charge >= 0.3 is 5.97 Å². The molecule has 2 heterocycles. The summed E-state index contributed by atoms with van der Waals surface area (Å²) < 4.78 is 18.3. The van der Waals surface area contributed by atoms with E-state index in [1.54, 1.807) is 6.07 Å². The fraction of sp³-hybridized carbons (Fsp3) is 0.538. The summed E-state index contributed by atoms with van der Waals surface area (Å²) >= 11 is 0. The molecular weight excluding hydrogens is 251 g/mol. The Hall–Kier alpha value is -1.53. The van der Waals surface area contributed by atoms with Gasteiger partial charge in [0.1, 0.15) is 5.82 Å². The van der Waals surface area contributed by atoms with E-state index in [-0.39, 0.29) is 24.4 Å². The molecule has 0 aromatic carbocycles. The zero-order valence-corrected chi connectivity index (χ0v) is 10.8. The van der Waals surface area contributed by atoms with Crippen LogP contribution in [-0.4, -0.2) is 46.8 Å². The van der Waals surface area contributed by atoms with E-state index in [4.69, 9.17) is 9.84 Å². The molecule has 2 rings (SSSR count). The number of hydrogen-bond acceptors (Lipinski definition) is 4. The Morgan fingerprint density at radius 3 is 3.11 bits per heavy atom. The zero-order valence-electron chi connectivity index (χ0n) is 10.8. The van der Waals surface area contributed by atoms with Crippen LogP contribution in [0.25, 0.3) is 0 Å². The largest absolute Gasteiger partial charge is 0.481 e. The Morgan fingerprint density at radius 1 is 1.68 bits per heavy atom. The molecule has 1 aromatic rings. The first kappa shape index (κ1) is 13.9. The van der Waals surface area contributed by atoms with Gasteiger partial charge in [-0.2, -0.15) is 0 Å². The number of halogens is 1. The highest BCUT2D eigenvalue weighted by atomic mass is 19.1. The molecule has 1 aliphatic rings. The molecule has 1 fully saturated rings. The van der Waals surface area contributed by atoms with E-state index in [0.717, 1.165) is 12.2 Å². The molecule has 2 atom stereocenters. The van der Waals surface area contributed by atoms with E-state index in [1.165, 1.54) is 12.3 Å². The number of aliphatic carboxylic acids is 1. The second kappa shape index (κ2) is 6.08. The summed E-state index contributed by atoms with van der Waals surface area (Å²) in [4.78, 5) is 16.9. The monoisotopic (exact) mass is 268 g/mol. The Labute approximate surface area is 111 Å². The van der Waals surface area contributed by atoms with E-state index in [9.17, 15) is 9.18 Å². The van der Waals surface area contributed by atoms with E-state index in [0.29, 0.717) is 13.2 Å². The summed E-state index contributed by atoms with van der Waals surface area (Å²) in [6, 6.07) is 3.05. The second-order valence-corrected chi connectivity index (χ2v) is 4.66. The van der Waals surface area contributed by atoms with Crippen LogP contribution in [0.15, 0.2) is 18.3 Å². The third kappa shape index (κ3) is 3.71. The number of ether oxygens (including phenoxy) is 1. The molecule has 0 spiro atoms. The van der Waals surface area contributed by atoms with Gasteiger partial charge in [-0.1, -0.05) is 0 Å². The lowest BCUT2D eigenvalue weighted by Crippen LogP contribution is -2.44. The maximum Gasteiger partial charge on any atom is 0.306 e. The van der Waals surface area contributed by atoms with E-state index >= 15 is 0 Å². The first-order chi connectivity index (χ1) is 9.06. The van der Waals surface area contributed by atoms with Crippen molar-refractivity contribution in [3.8, 4) is 0 Å². The summed E-state index contributed by atoms with van der Waals surface area (Å²) in [6.45, 7) is 3.75. The Kier molecular flexibility index (Phi) is 4.44. The minimum Gasteiger partial charge on any atom is -0.481 e. The fourth-order valence-electron chi connectivity index (χ4n) is 2.23. The van der Waals surface area contributed by atoms with Crippen molar-refractivity contribution in [1.82, 2.24) is 9.88 Å². The molecule has 0 bridgehead atoms. The Morgan fingerprint density at radius 2 is 2.47 bits per heavy atom. The lowest BCUT2D eigenvalue weighted by Gasteiger charge is -2.36. The highest BCUT2D eigenvalue weighted by molar-refractivity contribution is 5.67. The summed E-state index contributed by atoms with van der Waals surface area (Å²) in [7, 11) is 0. The number of carboxylic acid groups (broad SMARTS) is 1. The average molecular weight is 268 g/mol. The molecule has 1 N–H and O–H groups in total. The van der Waals surface area contributed by atoms with Gasteiger partial charge in [-0.15, -0.1) is 0 Å². The van der Waals surface area contributed by atoms with Crippen LogP contribution in [0.3, 0.4) is 0 Å². The van der Waals surface area contributed by atoms with Crippen LogP contribution < -0.4 is 0 Å². The molecule has 5 nitrogen and oxygen atoms in total. The lowest BCUT2D eigenvalue weighted by molar-refractivity contribution is -0.142. The standard InChI is InChI=1S/C13H17FN2O3/c1-9(12-3-2-10(14)7-15-12)16-4-5-19-11(8-16)6-13(17)18/h2-3,7,9,11H,4-6,8H2,1H3,(H,17,18). The molecule has 0 radical (unpaired) electrons. The second-order valence-electron chi connectivity index (χ2n) is 4.66. The molecule has 0 amide bonds. The highest BCUT2D eigenvalue weighted by Gasteiger charge is 2.26. The van der Waals surface area contributed by atoms with Crippen LogP contribution in [-0.2, 0) is 9.53 Å². The molecule has 1 aromatic heterocycles. The van der Waals surface area contributed by atoms with Gasteiger partial charge < -0.3 is 9.84 Å². The SMILES string of the molecule is CC(c1ccc(F)cn1)N1CCOC(CC(=O)O)C1. The number of carbonyl (C=O) groups is 1. The van der Waals surface area contributed by atoms with Crippen molar-refractivity contribution in [3.05, 3.63) is 29.8 Å². The third-order valence-corrected chi connectivity index (χ3v) is 3.30. The summed E-state index contributed by atoms with van der Waals surface area (Å²) in [5, 5.41) is 8.79. The minimum absolute atomic E-state index is 0.0000659. The van der Waals surface area contributed by atoms with Crippen LogP contribution in [0.2, 0.25) is 0 Å². The summed E-state index contributed by atoms with van der Waals surface area (Å²) in [5.41, 5.74) is 0.775. The molecule has 1 saturated heterocycles. The predicted octanol–water partition coefficient (Wildman–Crippen LogP) is 1.46. The fourth-order valence-corrected chi connectivity index (χ4v) is 2.23. The van der Waals surface area contributed by atoms with Gasteiger partial charge in [-0.3, -0.25) is 14.7 Å². The average Bonchev–Trinajstić information content (AvgIpc) is 2.38. The molecule has 0 saturated carbocycles. The van der Waals surface area contributed by atoms with Crippen molar-refractivity contribution in [2.75, 3.05) is 19.7 Å². The number of carboxylic acids is 1. The number of rotatable bonds is 4. The zero-order chi connectivity index (χ0) is 13.8. The van der Waals surface area contributed by atoms with Gasteiger partial charge in [0.15, 0.2) is 0 Å². The molecule has 1 aliphatic heterocycles. The van der Waals surface area contributed by atoms with Crippen LogP contribution in [0.1, 0.15) is 25.1 Å². The van der Waals surface area contributed by atoms with E-state index in [1.807, 2.05) is 6.92 Å². The summed E-state index contributed by atoms with van der Waals surface area (Å²) in [5.74, 6) is -1.22. The van der Waals surface area contributed by atoms with Gasteiger partial charge in [0.25, 0.3) is 0 Å². The van der Waals surface area contributed by atoms with Crippen LogP contribution >= 0.6 is 0 Å². The van der Waals surface area contributed by atoms with Crippen molar-refractivity contribution < 1.29 is 19.0 Å². The quantitative estimate of drug-likeness (QED) is 0.895. The molecular formula is C13H17FN2O3.